The molecule has 106 valence electrons. The highest BCUT2D eigenvalue weighted by Crippen LogP contribution is 2.31. The van der Waals surface area contributed by atoms with Crippen LogP contribution in [-0.2, 0) is 0 Å². The molecule has 1 aliphatic rings. The van der Waals surface area contributed by atoms with Crippen molar-refractivity contribution in [2.24, 2.45) is 5.73 Å². The van der Waals surface area contributed by atoms with Gasteiger partial charge in [-0.05, 0) is 25.0 Å². The van der Waals surface area contributed by atoms with Crippen LogP contribution < -0.4 is 10.6 Å². The van der Waals surface area contributed by atoms with E-state index in [9.17, 15) is 0 Å². The number of aromatic nitrogens is 2. The third kappa shape index (κ3) is 2.85. The fourth-order valence-electron chi connectivity index (χ4n) is 2.45. The number of aromatic amines is 1. The molecule has 0 saturated carbocycles. The lowest BCUT2D eigenvalue weighted by atomic mass is 10.1. The molecule has 1 aromatic carbocycles. The Morgan fingerprint density at radius 1 is 1.30 bits per heavy atom. The molecule has 0 spiro atoms. The fourth-order valence-corrected chi connectivity index (χ4v) is 3.22. The zero-order valence-electron chi connectivity index (χ0n) is 10.9. The Balaban J connectivity index is 1.83. The van der Waals surface area contributed by atoms with Crippen LogP contribution in [0.15, 0.2) is 28.7 Å². The Labute approximate surface area is 131 Å². The van der Waals surface area contributed by atoms with Crippen LogP contribution in [0, 0.1) is 0 Å². The van der Waals surface area contributed by atoms with Crippen molar-refractivity contribution >= 4 is 33.3 Å². The molecule has 3 N–H and O–H groups in total. The molecule has 3 rings (SSSR count). The van der Waals surface area contributed by atoms with Gasteiger partial charge in [0, 0.05) is 35.2 Å². The van der Waals surface area contributed by atoms with Crippen LogP contribution in [0.4, 0.5) is 5.82 Å². The molecule has 2 aromatic rings. The number of hydrogen-bond acceptors (Lipinski definition) is 3. The molecule has 0 bridgehead atoms. The van der Waals surface area contributed by atoms with E-state index in [0.717, 1.165) is 47.5 Å². The van der Waals surface area contributed by atoms with Crippen molar-refractivity contribution in [2.75, 3.05) is 18.0 Å². The van der Waals surface area contributed by atoms with Crippen LogP contribution >= 0.6 is 27.5 Å². The van der Waals surface area contributed by atoms with Crippen molar-refractivity contribution in [1.82, 2.24) is 10.2 Å². The Hall–Kier alpha value is -1.04. The molecule has 1 aliphatic heterocycles. The van der Waals surface area contributed by atoms with Gasteiger partial charge in [0.25, 0.3) is 0 Å². The molecule has 1 aromatic heterocycles. The predicted octanol–water partition coefficient (Wildman–Crippen LogP) is 3.42. The van der Waals surface area contributed by atoms with Crippen molar-refractivity contribution in [3.63, 3.8) is 0 Å². The van der Waals surface area contributed by atoms with Crippen molar-refractivity contribution in [3.05, 3.63) is 33.8 Å². The van der Waals surface area contributed by atoms with E-state index < -0.39 is 0 Å². The highest BCUT2D eigenvalue weighted by atomic mass is 79.9. The standard InChI is InChI=1S/C14H16BrClN4/c15-9-1-2-11(12(16)7-9)13-8-14(19-18-13)20-5-3-10(17)4-6-20/h1-2,7-8,10H,3-6,17H2,(H,18,19). The second-order valence-electron chi connectivity index (χ2n) is 5.09. The lowest BCUT2D eigenvalue weighted by Gasteiger charge is -2.29. The Kier molecular flexibility index (Phi) is 4.01. The van der Waals surface area contributed by atoms with Gasteiger partial charge in [-0.1, -0.05) is 33.6 Å². The van der Waals surface area contributed by atoms with Crippen molar-refractivity contribution in [3.8, 4) is 11.3 Å². The SMILES string of the molecule is NC1CCN(c2cc(-c3ccc(Br)cc3Cl)[nH]n2)CC1. The number of H-pyrrole nitrogens is 1. The summed E-state index contributed by atoms with van der Waals surface area (Å²) in [4.78, 5) is 2.26. The lowest BCUT2D eigenvalue weighted by molar-refractivity contribution is 0.498. The summed E-state index contributed by atoms with van der Waals surface area (Å²) in [6.07, 6.45) is 2.03. The maximum Gasteiger partial charge on any atom is 0.150 e. The van der Waals surface area contributed by atoms with E-state index in [1.165, 1.54) is 0 Å². The van der Waals surface area contributed by atoms with E-state index in [0.29, 0.717) is 11.1 Å². The summed E-state index contributed by atoms with van der Waals surface area (Å²) in [5.74, 6) is 0.964. The van der Waals surface area contributed by atoms with Crippen LogP contribution in [0.1, 0.15) is 12.8 Å². The highest BCUT2D eigenvalue weighted by molar-refractivity contribution is 9.10. The third-order valence-electron chi connectivity index (χ3n) is 3.65. The van der Waals surface area contributed by atoms with Crippen molar-refractivity contribution in [2.45, 2.75) is 18.9 Å². The van der Waals surface area contributed by atoms with Gasteiger partial charge in [0.1, 0.15) is 0 Å². The number of nitrogens with zero attached hydrogens (tertiary/aromatic N) is 2. The Bertz CT molecular complexity index is 605. The Morgan fingerprint density at radius 3 is 2.75 bits per heavy atom. The summed E-state index contributed by atoms with van der Waals surface area (Å²) in [6.45, 7) is 1.92. The van der Waals surface area contributed by atoms with E-state index in [4.69, 9.17) is 17.3 Å². The fraction of sp³-hybridized carbons (Fsp3) is 0.357. The van der Waals surface area contributed by atoms with Crippen LogP contribution in [0.25, 0.3) is 11.3 Å². The molecule has 0 unspecified atom stereocenters. The summed E-state index contributed by atoms with van der Waals surface area (Å²) in [6, 6.07) is 8.21. The average molecular weight is 356 g/mol. The van der Waals surface area contributed by atoms with Crippen molar-refractivity contribution < 1.29 is 0 Å². The smallest absolute Gasteiger partial charge is 0.150 e. The molecule has 1 fully saturated rings. The summed E-state index contributed by atoms with van der Waals surface area (Å²) < 4.78 is 0.969. The van der Waals surface area contributed by atoms with E-state index >= 15 is 0 Å². The van der Waals surface area contributed by atoms with Gasteiger partial charge in [-0.15, -0.1) is 0 Å². The van der Waals surface area contributed by atoms with Gasteiger partial charge in [0.15, 0.2) is 5.82 Å². The second kappa shape index (κ2) is 5.76. The zero-order valence-corrected chi connectivity index (χ0v) is 13.3. The molecule has 6 heteroatoms. The molecule has 0 radical (unpaired) electrons. The van der Waals surface area contributed by atoms with E-state index in [2.05, 4.69) is 31.0 Å². The minimum Gasteiger partial charge on any atom is -0.355 e. The minimum atomic E-state index is 0.325. The van der Waals surface area contributed by atoms with E-state index in [-0.39, 0.29) is 0 Å². The number of halogens is 2. The van der Waals surface area contributed by atoms with Gasteiger partial charge in [-0.2, -0.15) is 5.10 Å². The first-order valence-electron chi connectivity index (χ1n) is 6.65. The van der Waals surface area contributed by atoms with E-state index in [1.54, 1.807) is 0 Å². The summed E-state index contributed by atoms with van der Waals surface area (Å²) >= 11 is 9.68. The van der Waals surface area contributed by atoms with Gasteiger partial charge in [-0.3, -0.25) is 5.10 Å². The zero-order chi connectivity index (χ0) is 14.1. The second-order valence-corrected chi connectivity index (χ2v) is 6.41. The van der Waals surface area contributed by atoms with Crippen LogP contribution in [0.3, 0.4) is 0 Å². The number of rotatable bonds is 2. The number of hydrogen-bond donors (Lipinski definition) is 2. The normalized spacial score (nSPS) is 16.6. The van der Waals surface area contributed by atoms with Crippen LogP contribution in [0.5, 0.6) is 0 Å². The summed E-state index contributed by atoms with van der Waals surface area (Å²) in [5, 5.41) is 8.17. The molecule has 0 amide bonds. The molecule has 2 heterocycles. The molecular weight excluding hydrogens is 340 g/mol. The van der Waals surface area contributed by atoms with Gasteiger partial charge in [0.2, 0.25) is 0 Å². The molecular formula is C14H16BrClN4. The molecule has 4 nitrogen and oxygen atoms in total. The first-order valence-corrected chi connectivity index (χ1v) is 7.82. The number of nitrogens with one attached hydrogen (secondary N) is 1. The summed E-state index contributed by atoms with van der Waals surface area (Å²) in [7, 11) is 0. The quantitative estimate of drug-likeness (QED) is 0.868. The van der Waals surface area contributed by atoms with Gasteiger partial charge in [-0.25, -0.2) is 0 Å². The first-order chi connectivity index (χ1) is 9.63. The van der Waals surface area contributed by atoms with Crippen LogP contribution in [-0.4, -0.2) is 29.3 Å². The maximum atomic E-state index is 6.27. The van der Waals surface area contributed by atoms with Gasteiger partial charge >= 0.3 is 0 Å². The minimum absolute atomic E-state index is 0.325. The number of anilines is 1. The largest absolute Gasteiger partial charge is 0.355 e. The monoisotopic (exact) mass is 354 g/mol. The van der Waals surface area contributed by atoms with Crippen LogP contribution in [0.2, 0.25) is 5.02 Å². The average Bonchev–Trinajstić information content (AvgIpc) is 2.89. The molecule has 0 aliphatic carbocycles. The molecule has 20 heavy (non-hydrogen) atoms. The number of nitrogens with two attached hydrogens (primary N) is 1. The number of benzene rings is 1. The van der Waals surface area contributed by atoms with Gasteiger partial charge in [0.05, 0.1) is 10.7 Å². The predicted molar refractivity (Wildman–Crippen MR) is 86.2 cm³/mol. The van der Waals surface area contributed by atoms with E-state index in [1.807, 2.05) is 24.3 Å². The van der Waals surface area contributed by atoms with Crippen molar-refractivity contribution in [1.29, 1.82) is 0 Å². The maximum absolute atomic E-state index is 6.27. The third-order valence-corrected chi connectivity index (χ3v) is 4.46. The van der Waals surface area contributed by atoms with Gasteiger partial charge < -0.3 is 10.6 Å². The topological polar surface area (TPSA) is 57.9 Å². The summed E-state index contributed by atoms with van der Waals surface area (Å²) in [5.41, 5.74) is 7.83. The molecule has 1 saturated heterocycles. The molecule has 0 atom stereocenters. The Morgan fingerprint density at radius 2 is 2.05 bits per heavy atom. The highest BCUT2D eigenvalue weighted by Gasteiger charge is 2.19. The lowest BCUT2D eigenvalue weighted by Crippen LogP contribution is -2.39. The number of piperidine rings is 1. The first kappa shape index (κ1) is 13.9.